The molecule has 2 nitrogen and oxygen atoms in total. The van der Waals surface area contributed by atoms with Crippen LogP contribution in [0.15, 0.2) is 71.8 Å². The number of aromatic nitrogens is 1. The van der Waals surface area contributed by atoms with Crippen LogP contribution in [0.5, 0.6) is 0 Å². The van der Waals surface area contributed by atoms with Gasteiger partial charge in [-0.05, 0) is 23.9 Å². The van der Waals surface area contributed by atoms with Crippen LogP contribution in [0.1, 0.15) is 10.4 Å². The third-order valence-electron chi connectivity index (χ3n) is 2.79. The third kappa shape index (κ3) is 2.66. The van der Waals surface area contributed by atoms with Crippen LogP contribution in [0.4, 0.5) is 0 Å². The molecule has 0 unspecified atom stereocenters. The fraction of sp³-hybridized carbons (Fsp3) is 0. The lowest BCUT2D eigenvalue weighted by atomic mass is 10.2. The minimum Gasteiger partial charge on any atom is -0.281 e. The number of carbonyl (C=O) groups excluding carboxylic acids is 1. The molecule has 3 heteroatoms. The van der Waals surface area contributed by atoms with Gasteiger partial charge in [-0.3, -0.25) is 9.78 Å². The number of nitrogens with zero attached hydrogens (tertiary/aromatic N) is 1. The Morgan fingerprint density at radius 3 is 2.53 bits per heavy atom. The molecular formula is C16H11NOS. The summed E-state index contributed by atoms with van der Waals surface area (Å²) in [6.07, 6.45) is 1.74. The molecule has 0 fully saturated rings. The van der Waals surface area contributed by atoms with Crippen LogP contribution < -0.4 is 0 Å². The standard InChI is InChI=1S/C16H11NOS/c18-16(12-6-2-1-3-7-12)19-14-10-13-8-4-5-9-15(13)17-11-14/h1-11H. The summed E-state index contributed by atoms with van der Waals surface area (Å²) in [4.78, 5) is 17.3. The van der Waals surface area contributed by atoms with E-state index in [0.29, 0.717) is 5.56 Å². The minimum atomic E-state index is 0.0395. The van der Waals surface area contributed by atoms with Crippen LogP contribution in [0.3, 0.4) is 0 Å². The molecule has 3 aromatic rings. The summed E-state index contributed by atoms with van der Waals surface area (Å²) in [6.45, 7) is 0. The summed E-state index contributed by atoms with van der Waals surface area (Å²) in [5, 5.41) is 1.09. The highest BCUT2D eigenvalue weighted by Gasteiger charge is 2.08. The highest BCUT2D eigenvalue weighted by atomic mass is 32.2. The van der Waals surface area contributed by atoms with Gasteiger partial charge >= 0.3 is 0 Å². The summed E-state index contributed by atoms with van der Waals surface area (Å²) in [5.74, 6) is 0. The maximum absolute atomic E-state index is 12.1. The third-order valence-corrected chi connectivity index (χ3v) is 3.67. The van der Waals surface area contributed by atoms with Gasteiger partial charge in [0.25, 0.3) is 0 Å². The van der Waals surface area contributed by atoms with Gasteiger partial charge in [0.1, 0.15) is 0 Å². The van der Waals surface area contributed by atoms with E-state index in [1.165, 1.54) is 11.8 Å². The zero-order chi connectivity index (χ0) is 13.1. The van der Waals surface area contributed by atoms with Crippen molar-refractivity contribution in [3.63, 3.8) is 0 Å². The molecule has 0 aliphatic rings. The number of carbonyl (C=O) groups is 1. The number of rotatable bonds is 2. The summed E-state index contributed by atoms with van der Waals surface area (Å²) in [7, 11) is 0. The minimum absolute atomic E-state index is 0.0395. The lowest BCUT2D eigenvalue weighted by Gasteiger charge is -2.02. The molecule has 0 aliphatic carbocycles. The molecule has 0 amide bonds. The van der Waals surface area contributed by atoms with E-state index in [1.54, 1.807) is 6.20 Å². The molecule has 0 atom stereocenters. The molecule has 0 spiro atoms. The Kier molecular flexibility index (Phi) is 3.29. The topological polar surface area (TPSA) is 30.0 Å². The van der Waals surface area contributed by atoms with Crippen LogP contribution >= 0.6 is 11.8 Å². The Morgan fingerprint density at radius 1 is 0.947 bits per heavy atom. The van der Waals surface area contributed by atoms with Crippen molar-refractivity contribution < 1.29 is 4.79 Å². The molecular weight excluding hydrogens is 254 g/mol. The smallest absolute Gasteiger partial charge is 0.224 e. The van der Waals surface area contributed by atoms with E-state index in [9.17, 15) is 4.79 Å². The maximum Gasteiger partial charge on any atom is 0.224 e. The second-order valence-corrected chi connectivity index (χ2v) is 5.17. The first-order valence-electron chi connectivity index (χ1n) is 5.95. The molecule has 3 rings (SSSR count). The molecule has 0 saturated carbocycles. The van der Waals surface area contributed by atoms with Crippen molar-refractivity contribution in [1.29, 1.82) is 0 Å². The molecule has 0 radical (unpaired) electrons. The molecule has 19 heavy (non-hydrogen) atoms. The van der Waals surface area contributed by atoms with Gasteiger partial charge < -0.3 is 0 Å². The molecule has 92 valence electrons. The summed E-state index contributed by atoms with van der Waals surface area (Å²) >= 11 is 1.21. The number of thioether (sulfide) groups is 1. The van der Waals surface area contributed by atoms with E-state index in [2.05, 4.69) is 4.98 Å². The van der Waals surface area contributed by atoms with Gasteiger partial charge in [-0.15, -0.1) is 0 Å². The van der Waals surface area contributed by atoms with Crippen LogP contribution in [-0.4, -0.2) is 10.1 Å². The summed E-state index contributed by atoms with van der Waals surface area (Å²) in [6, 6.07) is 19.2. The van der Waals surface area contributed by atoms with Gasteiger partial charge in [0.15, 0.2) is 0 Å². The van der Waals surface area contributed by atoms with Crippen molar-refractivity contribution in [2.75, 3.05) is 0 Å². The monoisotopic (exact) mass is 265 g/mol. The Labute approximate surface area is 115 Å². The molecule has 0 N–H and O–H groups in total. The molecule has 2 aromatic carbocycles. The zero-order valence-electron chi connectivity index (χ0n) is 10.1. The SMILES string of the molecule is O=C(Sc1cnc2ccccc2c1)c1ccccc1. The van der Waals surface area contributed by atoms with Crippen LogP contribution in [0.2, 0.25) is 0 Å². The van der Waals surface area contributed by atoms with E-state index >= 15 is 0 Å². The average Bonchev–Trinajstić information content (AvgIpc) is 2.48. The van der Waals surface area contributed by atoms with E-state index in [1.807, 2.05) is 60.7 Å². The normalized spacial score (nSPS) is 10.5. The van der Waals surface area contributed by atoms with Crippen molar-refractivity contribution in [3.05, 3.63) is 72.4 Å². The Morgan fingerprint density at radius 2 is 1.68 bits per heavy atom. The van der Waals surface area contributed by atoms with Crippen LogP contribution in [0, 0.1) is 0 Å². The van der Waals surface area contributed by atoms with Crippen molar-refractivity contribution in [3.8, 4) is 0 Å². The number of fused-ring (bicyclic) bond motifs is 1. The molecule has 0 saturated heterocycles. The van der Waals surface area contributed by atoms with E-state index in [0.717, 1.165) is 15.8 Å². The van der Waals surface area contributed by atoms with Crippen molar-refractivity contribution in [2.24, 2.45) is 0 Å². The van der Waals surface area contributed by atoms with Gasteiger partial charge in [0.05, 0.1) is 5.52 Å². The summed E-state index contributed by atoms with van der Waals surface area (Å²) in [5.41, 5.74) is 1.65. The number of pyridine rings is 1. The Balaban J connectivity index is 1.87. The zero-order valence-corrected chi connectivity index (χ0v) is 10.9. The molecule has 1 aromatic heterocycles. The summed E-state index contributed by atoms with van der Waals surface area (Å²) < 4.78 is 0. The van der Waals surface area contributed by atoms with Gasteiger partial charge in [-0.1, -0.05) is 48.5 Å². The number of benzene rings is 2. The number of para-hydroxylation sites is 1. The largest absolute Gasteiger partial charge is 0.281 e. The lowest BCUT2D eigenvalue weighted by Crippen LogP contribution is -1.92. The lowest BCUT2D eigenvalue weighted by molar-refractivity contribution is 0.108. The maximum atomic E-state index is 12.1. The van der Waals surface area contributed by atoms with Crippen molar-refractivity contribution >= 4 is 27.8 Å². The average molecular weight is 265 g/mol. The first kappa shape index (κ1) is 11.9. The van der Waals surface area contributed by atoms with Gasteiger partial charge in [-0.2, -0.15) is 0 Å². The van der Waals surface area contributed by atoms with Crippen molar-refractivity contribution in [2.45, 2.75) is 4.90 Å². The highest BCUT2D eigenvalue weighted by Crippen LogP contribution is 2.24. The van der Waals surface area contributed by atoms with Gasteiger partial charge in [-0.25, -0.2) is 0 Å². The van der Waals surface area contributed by atoms with E-state index in [4.69, 9.17) is 0 Å². The second-order valence-electron chi connectivity index (χ2n) is 4.12. The second kappa shape index (κ2) is 5.24. The van der Waals surface area contributed by atoms with Gasteiger partial charge in [0.2, 0.25) is 5.12 Å². The Bertz CT molecular complexity index is 725. The van der Waals surface area contributed by atoms with Crippen LogP contribution in [0.25, 0.3) is 10.9 Å². The predicted molar refractivity (Wildman–Crippen MR) is 78.4 cm³/mol. The first-order valence-corrected chi connectivity index (χ1v) is 6.76. The van der Waals surface area contributed by atoms with E-state index < -0.39 is 0 Å². The first-order chi connectivity index (χ1) is 9.33. The number of hydrogen-bond acceptors (Lipinski definition) is 3. The predicted octanol–water partition coefficient (Wildman–Crippen LogP) is 4.17. The molecule has 0 aliphatic heterocycles. The van der Waals surface area contributed by atoms with Crippen LogP contribution in [-0.2, 0) is 0 Å². The van der Waals surface area contributed by atoms with Gasteiger partial charge in [0, 0.05) is 22.0 Å². The van der Waals surface area contributed by atoms with Crippen molar-refractivity contribution in [1.82, 2.24) is 4.98 Å². The quantitative estimate of drug-likeness (QED) is 0.651. The molecule has 0 bridgehead atoms. The fourth-order valence-electron chi connectivity index (χ4n) is 1.85. The molecule has 1 heterocycles. The Hall–Kier alpha value is -2.13. The fourth-order valence-corrected chi connectivity index (χ4v) is 2.61. The van der Waals surface area contributed by atoms with E-state index in [-0.39, 0.29) is 5.12 Å². The number of hydrogen-bond donors (Lipinski definition) is 0. The highest BCUT2D eigenvalue weighted by molar-refractivity contribution is 8.14.